The molecule has 1 aliphatic heterocycles. The normalized spacial score (nSPS) is 13.1. The van der Waals surface area contributed by atoms with Crippen molar-refractivity contribution in [2.75, 3.05) is 6.54 Å². The molecule has 0 unspecified atom stereocenters. The van der Waals surface area contributed by atoms with E-state index in [0.29, 0.717) is 11.5 Å². The Morgan fingerprint density at radius 1 is 1.29 bits per heavy atom. The Labute approximate surface area is 137 Å². The molecule has 0 radical (unpaired) electrons. The second-order valence-electron chi connectivity index (χ2n) is 5.27. The molecule has 0 aliphatic carbocycles. The third-order valence-corrected chi connectivity index (χ3v) is 3.55. The zero-order chi connectivity index (χ0) is 17.3. The van der Waals surface area contributed by atoms with Gasteiger partial charge in [-0.3, -0.25) is 14.5 Å². The highest BCUT2D eigenvalue weighted by Crippen LogP contribution is 2.24. The van der Waals surface area contributed by atoms with Crippen LogP contribution in [0.5, 0.6) is 0 Å². The van der Waals surface area contributed by atoms with Gasteiger partial charge in [0.05, 0.1) is 16.7 Å². The molecule has 0 N–H and O–H groups in total. The number of nitrogens with zero attached hydrogens (tertiary/aromatic N) is 2. The Kier molecular flexibility index (Phi) is 3.99. The van der Waals surface area contributed by atoms with Crippen LogP contribution in [-0.2, 0) is 11.3 Å². The number of amides is 2. The summed E-state index contributed by atoms with van der Waals surface area (Å²) in [6.45, 7) is 5.34. The molecule has 0 bridgehead atoms. The molecule has 0 spiro atoms. The fraction of sp³-hybridized carbons (Fsp3) is 0.176. The van der Waals surface area contributed by atoms with E-state index >= 15 is 0 Å². The Morgan fingerprint density at radius 2 is 2.04 bits per heavy atom. The molecule has 0 atom stereocenters. The van der Waals surface area contributed by atoms with E-state index in [-0.39, 0.29) is 29.8 Å². The molecular formula is C17H14N2O5. The van der Waals surface area contributed by atoms with E-state index < -0.39 is 17.8 Å². The fourth-order valence-corrected chi connectivity index (χ4v) is 2.42. The SMILES string of the molecule is C=CCN1C(=O)c2ccc(C(=O)OCc3cc(C)on3)cc2C1=O. The minimum Gasteiger partial charge on any atom is -0.455 e. The number of ether oxygens (including phenoxy) is 1. The van der Waals surface area contributed by atoms with Crippen LogP contribution in [0.25, 0.3) is 0 Å². The predicted molar refractivity (Wildman–Crippen MR) is 82.4 cm³/mol. The second-order valence-corrected chi connectivity index (χ2v) is 5.27. The van der Waals surface area contributed by atoms with Gasteiger partial charge in [0.2, 0.25) is 0 Å². The van der Waals surface area contributed by atoms with Crippen LogP contribution in [0.3, 0.4) is 0 Å². The molecule has 2 aromatic rings. The lowest BCUT2D eigenvalue weighted by molar-refractivity contribution is 0.0464. The molecule has 7 heteroatoms. The van der Waals surface area contributed by atoms with Crippen LogP contribution in [0.2, 0.25) is 0 Å². The van der Waals surface area contributed by atoms with Gasteiger partial charge in [-0.05, 0) is 25.1 Å². The summed E-state index contributed by atoms with van der Waals surface area (Å²) in [5.74, 6) is -0.838. The lowest BCUT2D eigenvalue weighted by Crippen LogP contribution is -2.29. The zero-order valence-electron chi connectivity index (χ0n) is 12.9. The number of benzene rings is 1. The maximum absolute atomic E-state index is 12.2. The highest BCUT2D eigenvalue weighted by molar-refractivity contribution is 6.22. The van der Waals surface area contributed by atoms with E-state index in [1.165, 1.54) is 24.3 Å². The Hall–Kier alpha value is -3.22. The van der Waals surface area contributed by atoms with E-state index in [1.807, 2.05) is 0 Å². The van der Waals surface area contributed by atoms with Crippen molar-refractivity contribution in [1.29, 1.82) is 0 Å². The van der Waals surface area contributed by atoms with Gasteiger partial charge in [-0.15, -0.1) is 6.58 Å². The number of aromatic nitrogens is 1. The molecule has 0 saturated heterocycles. The average molecular weight is 326 g/mol. The monoisotopic (exact) mass is 326 g/mol. The Balaban J connectivity index is 1.77. The van der Waals surface area contributed by atoms with Crippen molar-refractivity contribution in [2.45, 2.75) is 13.5 Å². The number of carbonyl (C=O) groups excluding carboxylic acids is 3. The lowest BCUT2D eigenvalue weighted by Gasteiger charge is -2.09. The van der Waals surface area contributed by atoms with Gasteiger partial charge in [0.25, 0.3) is 11.8 Å². The van der Waals surface area contributed by atoms with Gasteiger partial charge >= 0.3 is 5.97 Å². The largest absolute Gasteiger partial charge is 0.455 e. The Bertz CT molecular complexity index is 852. The van der Waals surface area contributed by atoms with Crippen LogP contribution >= 0.6 is 0 Å². The number of hydrogen-bond acceptors (Lipinski definition) is 6. The first kappa shape index (κ1) is 15.7. The topological polar surface area (TPSA) is 89.7 Å². The Morgan fingerprint density at radius 3 is 2.71 bits per heavy atom. The number of hydrogen-bond donors (Lipinski definition) is 0. The van der Waals surface area contributed by atoms with Crippen LogP contribution in [0, 0.1) is 6.92 Å². The average Bonchev–Trinajstić information content (AvgIpc) is 3.10. The maximum Gasteiger partial charge on any atom is 0.338 e. The molecular weight excluding hydrogens is 312 g/mol. The fourth-order valence-electron chi connectivity index (χ4n) is 2.42. The van der Waals surface area contributed by atoms with Gasteiger partial charge in [0.1, 0.15) is 18.1 Å². The summed E-state index contributed by atoms with van der Waals surface area (Å²) < 4.78 is 10.0. The summed E-state index contributed by atoms with van der Waals surface area (Å²) in [5, 5.41) is 3.72. The number of esters is 1. The number of aryl methyl sites for hydroxylation is 1. The maximum atomic E-state index is 12.2. The van der Waals surface area contributed by atoms with E-state index in [9.17, 15) is 14.4 Å². The van der Waals surface area contributed by atoms with Crippen LogP contribution in [-0.4, -0.2) is 34.4 Å². The van der Waals surface area contributed by atoms with Crippen molar-refractivity contribution in [2.24, 2.45) is 0 Å². The molecule has 1 aliphatic rings. The number of fused-ring (bicyclic) bond motifs is 1. The van der Waals surface area contributed by atoms with Crippen molar-refractivity contribution in [1.82, 2.24) is 10.1 Å². The van der Waals surface area contributed by atoms with Crippen molar-refractivity contribution in [3.05, 3.63) is 65.1 Å². The van der Waals surface area contributed by atoms with E-state index in [1.54, 1.807) is 13.0 Å². The minimum atomic E-state index is -0.610. The van der Waals surface area contributed by atoms with E-state index in [0.717, 1.165) is 4.90 Å². The number of carbonyl (C=O) groups is 3. The molecule has 3 rings (SSSR count). The molecule has 1 aromatic carbocycles. The number of imide groups is 1. The molecule has 2 amide bonds. The van der Waals surface area contributed by atoms with Gasteiger partial charge in [-0.1, -0.05) is 11.2 Å². The first-order valence-electron chi connectivity index (χ1n) is 7.21. The van der Waals surface area contributed by atoms with E-state index in [2.05, 4.69) is 11.7 Å². The molecule has 2 heterocycles. The third kappa shape index (κ3) is 2.71. The molecule has 122 valence electrons. The summed E-state index contributed by atoms with van der Waals surface area (Å²) in [7, 11) is 0. The zero-order valence-corrected chi connectivity index (χ0v) is 12.9. The quantitative estimate of drug-likeness (QED) is 0.475. The smallest absolute Gasteiger partial charge is 0.338 e. The van der Waals surface area contributed by atoms with Gasteiger partial charge in [-0.25, -0.2) is 4.79 Å². The first-order chi connectivity index (χ1) is 11.5. The molecule has 0 fully saturated rings. The van der Waals surface area contributed by atoms with Crippen LogP contribution in [0.1, 0.15) is 42.5 Å². The summed E-state index contributed by atoms with van der Waals surface area (Å²) >= 11 is 0. The van der Waals surface area contributed by atoms with Crippen LogP contribution in [0.15, 0.2) is 41.4 Å². The third-order valence-electron chi connectivity index (χ3n) is 3.55. The predicted octanol–water partition coefficient (Wildman–Crippen LogP) is 2.12. The summed E-state index contributed by atoms with van der Waals surface area (Å²) in [5.41, 5.74) is 1.14. The summed E-state index contributed by atoms with van der Waals surface area (Å²) in [4.78, 5) is 37.5. The molecule has 0 saturated carbocycles. The van der Waals surface area contributed by atoms with Gasteiger partial charge in [-0.2, -0.15) is 0 Å². The van der Waals surface area contributed by atoms with Gasteiger partial charge in [0, 0.05) is 12.6 Å². The van der Waals surface area contributed by atoms with Gasteiger partial charge < -0.3 is 9.26 Å². The van der Waals surface area contributed by atoms with Crippen molar-refractivity contribution in [3.63, 3.8) is 0 Å². The highest BCUT2D eigenvalue weighted by Gasteiger charge is 2.35. The minimum absolute atomic E-state index is 0.0390. The highest BCUT2D eigenvalue weighted by atomic mass is 16.5. The second kappa shape index (κ2) is 6.11. The molecule has 24 heavy (non-hydrogen) atoms. The van der Waals surface area contributed by atoms with E-state index in [4.69, 9.17) is 9.26 Å². The van der Waals surface area contributed by atoms with Crippen molar-refractivity contribution >= 4 is 17.8 Å². The standard InChI is InChI=1S/C17H14N2O5/c1-3-6-19-15(20)13-5-4-11(8-14(13)16(19)21)17(22)23-9-12-7-10(2)24-18-12/h3-5,7-8H,1,6,9H2,2H3. The molecule has 1 aromatic heterocycles. The molecule has 7 nitrogen and oxygen atoms in total. The van der Waals surface area contributed by atoms with Gasteiger partial charge in [0.15, 0.2) is 0 Å². The lowest BCUT2D eigenvalue weighted by atomic mass is 10.1. The van der Waals surface area contributed by atoms with Crippen molar-refractivity contribution < 1.29 is 23.6 Å². The van der Waals surface area contributed by atoms with Crippen LogP contribution in [0.4, 0.5) is 0 Å². The van der Waals surface area contributed by atoms with Crippen LogP contribution < -0.4 is 0 Å². The first-order valence-corrected chi connectivity index (χ1v) is 7.21. The summed E-state index contributed by atoms with van der Waals surface area (Å²) in [6, 6.07) is 5.94. The number of rotatable bonds is 5. The summed E-state index contributed by atoms with van der Waals surface area (Å²) in [6.07, 6.45) is 1.47. The van der Waals surface area contributed by atoms with Crippen molar-refractivity contribution in [3.8, 4) is 0 Å².